The molecule has 2 heterocycles. The van der Waals surface area contributed by atoms with Gasteiger partial charge in [-0.25, -0.2) is 13.1 Å². The van der Waals surface area contributed by atoms with E-state index in [1.807, 2.05) is 67.6 Å². The van der Waals surface area contributed by atoms with Crippen LogP contribution in [0.1, 0.15) is 18.1 Å². The number of aromatic nitrogens is 2. The fourth-order valence-corrected chi connectivity index (χ4v) is 4.92. The monoisotopic (exact) mass is 427 g/mol. The van der Waals surface area contributed by atoms with Crippen molar-refractivity contribution in [1.82, 2.24) is 14.1 Å². The summed E-state index contributed by atoms with van der Waals surface area (Å²) in [6.07, 6.45) is 1.37. The summed E-state index contributed by atoms with van der Waals surface area (Å²) in [6, 6.07) is 19.1. The van der Waals surface area contributed by atoms with E-state index in [0.29, 0.717) is 6.54 Å². The molecular formula is C22H25N3O4S. The third-order valence-electron chi connectivity index (χ3n) is 5.27. The minimum Gasteiger partial charge on any atom is -0.474 e. The molecule has 1 aliphatic rings. The predicted octanol–water partition coefficient (Wildman–Crippen LogP) is 3.07. The van der Waals surface area contributed by atoms with Crippen LogP contribution >= 0.6 is 0 Å². The Morgan fingerprint density at radius 3 is 2.17 bits per heavy atom. The lowest BCUT2D eigenvalue weighted by Gasteiger charge is -2.33. The first-order valence-electron chi connectivity index (χ1n) is 9.73. The van der Waals surface area contributed by atoms with E-state index in [9.17, 15) is 8.42 Å². The lowest BCUT2D eigenvalue weighted by atomic mass is 10.1. The molecule has 30 heavy (non-hydrogen) atoms. The lowest BCUT2D eigenvalue weighted by molar-refractivity contribution is -0.0655. The van der Waals surface area contributed by atoms with E-state index in [4.69, 9.17) is 9.47 Å². The number of rotatable bonds is 7. The zero-order valence-corrected chi connectivity index (χ0v) is 17.9. The maximum atomic E-state index is 13.7. The minimum atomic E-state index is -3.86. The SMILES string of the molecule is COC1(C)COc2c(S(=O)(=O)N(Cc3ccccc3)Cc3ccccc3)cnn2C1. The van der Waals surface area contributed by atoms with Crippen LogP contribution in [-0.2, 0) is 34.4 Å². The second-order valence-electron chi connectivity index (χ2n) is 7.66. The Morgan fingerprint density at radius 2 is 1.63 bits per heavy atom. The summed E-state index contributed by atoms with van der Waals surface area (Å²) in [5.74, 6) is 0.260. The summed E-state index contributed by atoms with van der Waals surface area (Å²) in [6.45, 7) is 3.08. The molecule has 4 rings (SSSR count). The van der Waals surface area contributed by atoms with Crippen molar-refractivity contribution in [1.29, 1.82) is 0 Å². The van der Waals surface area contributed by atoms with Gasteiger partial charge in [0.15, 0.2) is 4.90 Å². The molecule has 7 nitrogen and oxygen atoms in total. The number of sulfonamides is 1. The minimum absolute atomic E-state index is 0.0764. The van der Waals surface area contributed by atoms with Crippen LogP contribution in [-0.4, -0.2) is 41.8 Å². The van der Waals surface area contributed by atoms with Crippen LogP contribution in [0.25, 0.3) is 0 Å². The predicted molar refractivity (Wildman–Crippen MR) is 112 cm³/mol. The van der Waals surface area contributed by atoms with Crippen molar-refractivity contribution < 1.29 is 17.9 Å². The van der Waals surface area contributed by atoms with E-state index in [2.05, 4.69) is 5.10 Å². The van der Waals surface area contributed by atoms with Gasteiger partial charge >= 0.3 is 0 Å². The Morgan fingerprint density at radius 1 is 1.07 bits per heavy atom. The van der Waals surface area contributed by atoms with Gasteiger partial charge in [-0.1, -0.05) is 60.7 Å². The molecule has 0 saturated carbocycles. The fraction of sp³-hybridized carbons (Fsp3) is 0.318. The standard InChI is InChI=1S/C22H25N3O4S/c1-22(28-2)16-25-21(29-17-22)20(13-23-25)30(26,27)24(14-18-9-5-3-6-10-18)15-19-11-7-4-8-12-19/h3-13H,14-17H2,1-2H3. The maximum Gasteiger partial charge on any atom is 0.250 e. The van der Waals surface area contributed by atoms with E-state index in [1.54, 1.807) is 11.8 Å². The van der Waals surface area contributed by atoms with Crippen LogP contribution in [0.4, 0.5) is 0 Å². The molecular weight excluding hydrogens is 402 g/mol. The molecule has 8 heteroatoms. The molecule has 158 valence electrons. The Kier molecular flexibility index (Phi) is 5.64. The molecule has 1 aliphatic heterocycles. The number of benzene rings is 2. The third-order valence-corrected chi connectivity index (χ3v) is 7.05. The number of ether oxygens (including phenoxy) is 2. The zero-order chi connectivity index (χ0) is 21.2. The van der Waals surface area contributed by atoms with Gasteiger partial charge in [-0.15, -0.1) is 0 Å². The van der Waals surface area contributed by atoms with E-state index in [-0.39, 0.29) is 30.5 Å². The summed E-state index contributed by atoms with van der Waals surface area (Å²) in [5, 5.41) is 4.27. The molecule has 0 aliphatic carbocycles. The van der Waals surface area contributed by atoms with Gasteiger partial charge in [0.1, 0.15) is 12.2 Å². The smallest absolute Gasteiger partial charge is 0.250 e. The van der Waals surface area contributed by atoms with E-state index < -0.39 is 15.6 Å². The highest BCUT2D eigenvalue weighted by Crippen LogP contribution is 2.33. The lowest BCUT2D eigenvalue weighted by Crippen LogP contribution is -2.43. The van der Waals surface area contributed by atoms with Gasteiger partial charge in [0.25, 0.3) is 10.0 Å². The summed E-state index contributed by atoms with van der Waals surface area (Å²) in [7, 11) is -2.25. The number of hydrogen-bond donors (Lipinski definition) is 0. The van der Waals surface area contributed by atoms with Gasteiger partial charge in [0, 0.05) is 20.2 Å². The van der Waals surface area contributed by atoms with E-state index in [0.717, 1.165) is 11.1 Å². The molecule has 0 saturated heterocycles. The summed E-state index contributed by atoms with van der Waals surface area (Å²) < 4.78 is 41.7. The molecule has 1 aromatic heterocycles. The van der Waals surface area contributed by atoms with E-state index in [1.165, 1.54) is 10.5 Å². The van der Waals surface area contributed by atoms with Crippen molar-refractivity contribution in [2.24, 2.45) is 0 Å². The molecule has 0 bridgehead atoms. The summed E-state index contributed by atoms with van der Waals surface area (Å²) in [4.78, 5) is 0.0764. The summed E-state index contributed by atoms with van der Waals surface area (Å²) >= 11 is 0. The first-order valence-corrected chi connectivity index (χ1v) is 11.2. The number of fused-ring (bicyclic) bond motifs is 1. The molecule has 3 aromatic rings. The van der Waals surface area contributed by atoms with Crippen molar-refractivity contribution in [3.63, 3.8) is 0 Å². The largest absolute Gasteiger partial charge is 0.474 e. The highest BCUT2D eigenvalue weighted by atomic mass is 32.2. The fourth-order valence-electron chi connectivity index (χ4n) is 3.44. The average Bonchev–Trinajstić information content (AvgIpc) is 3.18. The second-order valence-corrected chi connectivity index (χ2v) is 9.56. The Hall–Kier alpha value is -2.68. The van der Waals surface area contributed by atoms with Crippen molar-refractivity contribution >= 4 is 10.0 Å². The van der Waals surface area contributed by atoms with Crippen LogP contribution in [0.3, 0.4) is 0 Å². The third kappa shape index (κ3) is 4.12. The van der Waals surface area contributed by atoms with Crippen LogP contribution in [0, 0.1) is 0 Å². The van der Waals surface area contributed by atoms with Crippen molar-refractivity contribution in [3.8, 4) is 5.88 Å². The topological polar surface area (TPSA) is 73.7 Å². The van der Waals surface area contributed by atoms with Crippen molar-refractivity contribution in [2.75, 3.05) is 13.7 Å². The molecule has 1 unspecified atom stereocenters. The van der Waals surface area contributed by atoms with Crippen LogP contribution in [0.15, 0.2) is 71.8 Å². The quantitative estimate of drug-likeness (QED) is 0.579. The van der Waals surface area contributed by atoms with Gasteiger partial charge in [0.2, 0.25) is 5.88 Å². The van der Waals surface area contributed by atoms with Crippen LogP contribution in [0.5, 0.6) is 5.88 Å². The Labute approximate surface area is 176 Å². The van der Waals surface area contributed by atoms with Crippen LogP contribution in [0.2, 0.25) is 0 Å². The first kappa shape index (κ1) is 20.6. The average molecular weight is 428 g/mol. The first-order chi connectivity index (χ1) is 14.4. The molecule has 0 amide bonds. The van der Waals surface area contributed by atoms with Crippen LogP contribution < -0.4 is 4.74 Å². The van der Waals surface area contributed by atoms with Gasteiger partial charge in [-0.3, -0.25) is 0 Å². The maximum absolute atomic E-state index is 13.7. The zero-order valence-electron chi connectivity index (χ0n) is 17.1. The van der Waals surface area contributed by atoms with Gasteiger partial charge in [-0.05, 0) is 18.1 Å². The normalized spacial score (nSPS) is 18.8. The van der Waals surface area contributed by atoms with E-state index >= 15 is 0 Å². The second kappa shape index (κ2) is 8.22. The highest BCUT2D eigenvalue weighted by molar-refractivity contribution is 7.89. The number of hydrogen-bond acceptors (Lipinski definition) is 5. The van der Waals surface area contributed by atoms with Gasteiger partial charge in [0.05, 0.1) is 12.7 Å². The molecule has 0 fully saturated rings. The molecule has 0 N–H and O–H groups in total. The number of methoxy groups -OCH3 is 1. The van der Waals surface area contributed by atoms with Crippen molar-refractivity contribution in [2.45, 2.75) is 37.1 Å². The molecule has 2 aromatic carbocycles. The Bertz CT molecular complexity index is 1060. The molecule has 0 spiro atoms. The van der Waals surface area contributed by atoms with Gasteiger partial charge in [-0.2, -0.15) is 9.40 Å². The molecule has 1 atom stereocenters. The Balaban J connectivity index is 1.69. The molecule has 0 radical (unpaired) electrons. The highest BCUT2D eigenvalue weighted by Gasteiger charge is 2.38. The summed E-state index contributed by atoms with van der Waals surface area (Å²) in [5.41, 5.74) is 1.27. The van der Waals surface area contributed by atoms with Crippen molar-refractivity contribution in [3.05, 3.63) is 78.0 Å². The number of nitrogens with zero attached hydrogens (tertiary/aromatic N) is 3. The van der Waals surface area contributed by atoms with Gasteiger partial charge < -0.3 is 9.47 Å².